The number of benzene rings is 1. The number of rotatable bonds is 2. The van der Waals surface area contributed by atoms with E-state index >= 15 is 0 Å². The molecule has 0 amide bonds. The van der Waals surface area contributed by atoms with Crippen molar-refractivity contribution >= 4 is 16.7 Å². The molecule has 0 aliphatic carbocycles. The van der Waals surface area contributed by atoms with Crippen LogP contribution < -0.4 is 10.6 Å². The van der Waals surface area contributed by atoms with Gasteiger partial charge in [-0.25, -0.2) is 4.98 Å². The fourth-order valence-corrected chi connectivity index (χ4v) is 3.03. The Morgan fingerprint density at radius 1 is 1.45 bits per heavy atom. The second-order valence-electron chi connectivity index (χ2n) is 5.50. The number of pyridine rings is 1. The van der Waals surface area contributed by atoms with E-state index in [9.17, 15) is 5.26 Å². The molecule has 1 aliphatic rings. The smallest absolute Gasteiger partial charge is 0.130 e. The van der Waals surface area contributed by atoms with Crippen molar-refractivity contribution in [1.29, 1.82) is 5.26 Å². The zero-order valence-corrected chi connectivity index (χ0v) is 11.6. The number of nitrogens with zero attached hydrogens (tertiary/aromatic N) is 3. The Morgan fingerprint density at radius 2 is 2.25 bits per heavy atom. The highest BCUT2D eigenvalue weighted by molar-refractivity contribution is 5.86. The van der Waals surface area contributed by atoms with Gasteiger partial charge in [0.05, 0.1) is 17.1 Å². The molecule has 1 aromatic heterocycles. The first-order valence-electron chi connectivity index (χ1n) is 6.99. The molecule has 1 fully saturated rings. The minimum Gasteiger partial charge on any atom is -0.354 e. The van der Waals surface area contributed by atoms with Crippen LogP contribution >= 0.6 is 0 Å². The van der Waals surface area contributed by atoms with E-state index in [4.69, 9.17) is 10.7 Å². The van der Waals surface area contributed by atoms with Gasteiger partial charge in [0, 0.05) is 18.0 Å². The van der Waals surface area contributed by atoms with E-state index in [0.717, 1.165) is 29.7 Å². The van der Waals surface area contributed by atoms with Gasteiger partial charge < -0.3 is 10.6 Å². The van der Waals surface area contributed by atoms with E-state index in [1.165, 1.54) is 0 Å². The lowest BCUT2D eigenvalue weighted by molar-refractivity contribution is 0.579. The third-order valence-electron chi connectivity index (χ3n) is 4.11. The first-order valence-corrected chi connectivity index (χ1v) is 6.99. The van der Waals surface area contributed by atoms with E-state index in [-0.39, 0.29) is 0 Å². The molecule has 2 atom stereocenters. The van der Waals surface area contributed by atoms with Gasteiger partial charge in [-0.2, -0.15) is 5.26 Å². The van der Waals surface area contributed by atoms with Gasteiger partial charge >= 0.3 is 0 Å². The molecule has 0 radical (unpaired) electrons. The maximum Gasteiger partial charge on any atom is 0.130 e. The van der Waals surface area contributed by atoms with E-state index in [2.05, 4.69) is 17.9 Å². The molecule has 4 heteroatoms. The van der Waals surface area contributed by atoms with Crippen LogP contribution in [-0.4, -0.2) is 24.1 Å². The van der Waals surface area contributed by atoms with Gasteiger partial charge in [0.1, 0.15) is 5.82 Å². The van der Waals surface area contributed by atoms with Gasteiger partial charge in [-0.3, -0.25) is 0 Å². The van der Waals surface area contributed by atoms with Crippen LogP contribution in [0.4, 0.5) is 5.82 Å². The van der Waals surface area contributed by atoms with Gasteiger partial charge in [0.2, 0.25) is 0 Å². The highest BCUT2D eigenvalue weighted by Crippen LogP contribution is 2.30. The van der Waals surface area contributed by atoms with Crippen molar-refractivity contribution in [3.63, 3.8) is 0 Å². The summed E-state index contributed by atoms with van der Waals surface area (Å²) in [6.07, 6.45) is 1.09. The number of nitriles is 1. The summed E-state index contributed by atoms with van der Waals surface area (Å²) >= 11 is 0. The van der Waals surface area contributed by atoms with Crippen LogP contribution in [0.25, 0.3) is 10.9 Å². The largest absolute Gasteiger partial charge is 0.354 e. The SMILES string of the molecule is CC1CC(CN)CN1c1cc(C#N)c2ccccc2n1. The molecule has 102 valence electrons. The first kappa shape index (κ1) is 12.9. The molecule has 4 nitrogen and oxygen atoms in total. The Bertz CT molecular complexity index is 674. The van der Waals surface area contributed by atoms with Crippen LogP contribution in [0.15, 0.2) is 30.3 Å². The Morgan fingerprint density at radius 3 is 2.95 bits per heavy atom. The van der Waals surface area contributed by atoms with Crippen molar-refractivity contribution in [2.45, 2.75) is 19.4 Å². The van der Waals surface area contributed by atoms with E-state index in [1.807, 2.05) is 30.3 Å². The van der Waals surface area contributed by atoms with Gasteiger partial charge in [-0.1, -0.05) is 18.2 Å². The van der Waals surface area contributed by atoms with E-state index in [1.54, 1.807) is 0 Å². The predicted octanol–water partition coefficient (Wildman–Crippen LogP) is 2.28. The van der Waals surface area contributed by atoms with Crippen molar-refractivity contribution < 1.29 is 0 Å². The van der Waals surface area contributed by atoms with Crippen LogP contribution in [0.5, 0.6) is 0 Å². The molecule has 1 aliphatic heterocycles. The molecule has 1 saturated heterocycles. The number of fused-ring (bicyclic) bond motifs is 1. The lowest BCUT2D eigenvalue weighted by Crippen LogP contribution is -2.28. The highest BCUT2D eigenvalue weighted by Gasteiger charge is 2.29. The molecule has 2 aromatic rings. The summed E-state index contributed by atoms with van der Waals surface area (Å²) in [4.78, 5) is 6.99. The van der Waals surface area contributed by atoms with Crippen molar-refractivity contribution in [3.05, 3.63) is 35.9 Å². The number of aromatic nitrogens is 1. The first-order chi connectivity index (χ1) is 9.72. The normalized spacial score (nSPS) is 22.1. The Labute approximate surface area is 118 Å². The van der Waals surface area contributed by atoms with E-state index in [0.29, 0.717) is 24.1 Å². The van der Waals surface area contributed by atoms with Gasteiger partial charge in [-0.15, -0.1) is 0 Å². The molecular weight excluding hydrogens is 248 g/mol. The fraction of sp³-hybridized carbons (Fsp3) is 0.375. The van der Waals surface area contributed by atoms with Crippen LogP contribution in [-0.2, 0) is 0 Å². The average Bonchev–Trinajstić information content (AvgIpc) is 2.87. The zero-order valence-electron chi connectivity index (χ0n) is 11.6. The average molecular weight is 266 g/mol. The minimum absolute atomic E-state index is 0.420. The highest BCUT2D eigenvalue weighted by atomic mass is 15.2. The van der Waals surface area contributed by atoms with Crippen LogP contribution in [0.2, 0.25) is 0 Å². The molecule has 0 bridgehead atoms. The minimum atomic E-state index is 0.420. The number of nitrogens with two attached hydrogens (primary N) is 1. The maximum atomic E-state index is 9.35. The molecule has 20 heavy (non-hydrogen) atoms. The lowest BCUT2D eigenvalue weighted by Gasteiger charge is -2.23. The van der Waals surface area contributed by atoms with Crippen molar-refractivity contribution in [2.75, 3.05) is 18.0 Å². The second kappa shape index (κ2) is 5.10. The van der Waals surface area contributed by atoms with Crippen LogP contribution in [0.1, 0.15) is 18.9 Å². The molecule has 2 unspecified atom stereocenters. The Balaban J connectivity index is 2.07. The van der Waals surface area contributed by atoms with Gasteiger partial charge in [0.25, 0.3) is 0 Å². The quantitative estimate of drug-likeness (QED) is 0.905. The van der Waals surface area contributed by atoms with Crippen molar-refractivity contribution in [2.24, 2.45) is 11.7 Å². The molecule has 2 heterocycles. The standard InChI is InChI=1S/C16H18N4/c1-11-6-12(8-17)10-20(11)16-7-13(9-18)14-4-2-3-5-15(14)19-16/h2-5,7,11-12H,6,8,10,17H2,1H3. The summed E-state index contributed by atoms with van der Waals surface area (Å²) in [6, 6.07) is 12.4. The molecule has 2 N–H and O–H groups in total. The number of hydrogen-bond acceptors (Lipinski definition) is 4. The number of hydrogen-bond donors (Lipinski definition) is 1. The molecular formula is C16H18N4. The Hall–Kier alpha value is -2.12. The van der Waals surface area contributed by atoms with Gasteiger partial charge in [0.15, 0.2) is 0 Å². The van der Waals surface area contributed by atoms with E-state index < -0.39 is 0 Å². The summed E-state index contributed by atoms with van der Waals surface area (Å²) in [5.41, 5.74) is 7.35. The summed E-state index contributed by atoms with van der Waals surface area (Å²) < 4.78 is 0. The molecule has 0 spiro atoms. The topological polar surface area (TPSA) is 65.9 Å². The predicted molar refractivity (Wildman–Crippen MR) is 80.4 cm³/mol. The Kier molecular flexibility index (Phi) is 3.29. The summed E-state index contributed by atoms with van der Waals surface area (Å²) in [7, 11) is 0. The second-order valence-corrected chi connectivity index (χ2v) is 5.50. The summed E-state index contributed by atoms with van der Waals surface area (Å²) in [5.74, 6) is 1.41. The van der Waals surface area contributed by atoms with Gasteiger partial charge in [-0.05, 0) is 37.9 Å². The molecule has 0 saturated carbocycles. The van der Waals surface area contributed by atoms with Crippen LogP contribution in [0, 0.1) is 17.2 Å². The number of para-hydroxylation sites is 1. The fourth-order valence-electron chi connectivity index (χ4n) is 3.03. The monoisotopic (exact) mass is 266 g/mol. The third-order valence-corrected chi connectivity index (χ3v) is 4.11. The zero-order chi connectivity index (χ0) is 14.1. The third kappa shape index (κ3) is 2.10. The van der Waals surface area contributed by atoms with Crippen molar-refractivity contribution in [3.8, 4) is 6.07 Å². The van der Waals surface area contributed by atoms with Crippen molar-refractivity contribution in [1.82, 2.24) is 4.98 Å². The summed E-state index contributed by atoms with van der Waals surface area (Å²) in [5, 5.41) is 10.3. The lowest BCUT2D eigenvalue weighted by atomic mass is 10.1. The number of anilines is 1. The maximum absolute atomic E-state index is 9.35. The summed E-state index contributed by atoms with van der Waals surface area (Å²) in [6.45, 7) is 3.83. The van der Waals surface area contributed by atoms with Crippen LogP contribution in [0.3, 0.4) is 0 Å². The molecule has 3 rings (SSSR count). The molecule has 1 aromatic carbocycles.